The van der Waals surface area contributed by atoms with Crippen molar-refractivity contribution in [2.24, 2.45) is 0 Å². The smallest absolute Gasteiger partial charge is 0.259 e. The van der Waals surface area contributed by atoms with Crippen molar-refractivity contribution in [1.29, 1.82) is 0 Å². The molecule has 0 aliphatic rings. The van der Waals surface area contributed by atoms with Crippen LogP contribution < -0.4 is 5.32 Å². The third-order valence-electron chi connectivity index (χ3n) is 2.58. The molecule has 0 aliphatic carbocycles. The van der Waals surface area contributed by atoms with E-state index in [0.717, 1.165) is 11.1 Å². The SMILES string of the molecule is O=C(Nc1cc(-c2ccc(Cl)s2)on1)c1ccncc1F. The topological polar surface area (TPSA) is 68.0 Å². The van der Waals surface area contributed by atoms with E-state index in [1.165, 1.54) is 23.6 Å². The summed E-state index contributed by atoms with van der Waals surface area (Å²) in [6, 6.07) is 6.33. The fraction of sp³-hybridized carbons (Fsp3) is 0. The van der Waals surface area contributed by atoms with Gasteiger partial charge in [0.2, 0.25) is 0 Å². The molecule has 3 heterocycles. The number of hydrogen-bond donors (Lipinski definition) is 1. The van der Waals surface area contributed by atoms with Crippen LogP contribution in [0.3, 0.4) is 0 Å². The first-order chi connectivity index (χ1) is 10.1. The Bertz CT molecular complexity index is 802. The molecule has 1 N–H and O–H groups in total. The maximum Gasteiger partial charge on any atom is 0.259 e. The van der Waals surface area contributed by atoms with Gasteiger partial charge >= 0.3 is 0 Å². The highest BCUT2D eigenvalue weighted by Gasteiger charge is 2.15. The minimum atomic E-state index is -0.705. The first kappa shape index (κ1) is 13.7. The van der Waals surface area contributed by atoms with Gasteiger partial charge in [-0.2, -0.15) is 0 Å². The molecule has 0 bridgehead atoms. The molecule has 21 heavy (non-hydrogen) atoms. The van der Waals surface area contributed by atoms with E-state index < -0.39 is 11.7 Å². The number of pyridine rings is 1. The van der Waals surface area contributed by atoms with Crippen molar-refractivity contribution >= 4 is 34.7 Å². The van der Waals surface area contributed by atoms with Gasteiger partial charge < -0.3 is 9.84 Å². The van der Waals surface area contributed by atoms with Crippen LogP contribution in [0.25, 0.3) is 10.6 Å². The Balaban J connectivity index is 1.79. The zero-order chi connectivity index (χ0) is 14.8. The fourth-order valence-corrected chi connectivity index (χ4v) is 2.63. The van der Waals surface area contributed by atoms with Gasteiger partial charge in [-0.25, -0.2) is 4.39 Å². The van der Waals surface area contributed by atoms with Crippen LogP contribution in [-0.2, 0) is 0 Å². The van der Waals surface area contributed by atoms with Crippen molar-refractivity contribution in [1.82, 2.24) is 10.1 Å². The van der Waals surface area contributed by atoms with E-state index in [1.54, 1.807) is 18.2 Å². The van der Waals surface area contributed by atoms with Gasteiger partial charge in [-0.05, 0) is 18.2 Å². The summed E-state index contributed by atoms with van der Waals surface area (Å²) in [6.45, 7) is 0. The van der Waals surface area contributed by atoms with E-state index in [1.807, 2.05) is 0 Å². The maximum absolute atomic E-state index is 13.4. The molecule has 0 aromatic carbocycles. The Morgan fingerprint density at radius 2 is 2.24 bits per heavy atom. The summed E-state index contributed by atoms with van der Waals surface area (Å²) in [5.41, 5.74) is -0.117. The number of hydrogen-bond acceptors (Lipinski definition) is 5. The number of nitrogens with zero attached hydrogens (tertiary/aromatic N) is 2. The predicted octanol–water partition coefficient (Wildman–Crippen LogP) is 3.84. The van der Waals surface area contributed by atoms with Gasteiger partial charge in [0.25, 0.3) is 5.91 Å². The quantitative estimate of drug-likeness (QED) is 0.795. The Kier molecular flexibility index (Phi) is 3.68. The number of nitrogens with one attached hydrogen (secondary N) is 1. The van der Waals surface area contributed by atoms with Gasteiger partial charge in [-0.15, -0.1) is 11.3 Å². The Labute approximate surface area is 127 Å². The highest BCUT2D eigenvalue weighted by atomic mass is 35.5. The molecular weight excluding hydrogens is 317 g/mol. The largest absolute Gasteiger partial charge is 0.353 e. The van der Waals surface area contributed by atoms with Crippen LogP contribution in [0.15, 0.2) is 41.2 Å². The van der Waals surface area contributed by atoms with Gasteiger partial charge in [0.15, 0.2) is 17.4 Å². The van der Waals surface area contributed by atoms with Gasteiger partial charge in [-0.1, -0.05) is 16.8 Å². The number of halogens is 2. The number of amides is 1. The molecular formula is C13H7ClFN3O2S. The molecule has 0 saturated carbocycles. The molecule has 3 aromatic rings. The number of rotatable bonds is 3. The van der Waals surface area contributed by atoms with Crippen molar-refractivity contribution in [3.8, 4) is 10.6 Å². The molecule has 0 fully saturated rings. The van der Waals surface area contributed by atoms with E-state index in [4.69, 9.17) is 16.1 Å². The molecule has 3 rings (SSSR count). The Morgan fingerprint density at radius 3 is 2.95 bits per heavy atom. The third-order valence-corrected chi connectivity index (χ3v) is 3.83. The van der Waals surface area contributed by atoms with Crippen molar-refractivity contribution in [2.45, 2.75) is 0 Å². The summed E-state index contributed by atoms with van der Waals surface area (Å²) in [4.78, 5) is 16.3. The average molecular weight is 324 g/mol. The Hall–Kier alpha value is -2.25. The summed E-state index contributed by atoms with van der Waals surface area (Å²) in [5, 5.41) is 6.17. The lowest BCUT2D eigenvalue weighted by Crippen LogP contribution is -2.14. The number of carbonyl (C=O) groups is 1. The maximum atomic E-state index is 13.4. The molecule has 0 aliphatic heterocycles. The molecule has 5 nitrogen and oxygen atoms in total. The minimum absolute atomic E-state index is 0.117. The fourth-order valence-electron chi connectivity index (χ4n) is 1.64. The monoisotopic (exact) mass is 323 g/mol. The summed E-state index contributed by atoms with van der Waals surface area (Å²) < 4.78 is 19.2. The summed E-state index contributed by atoms with van der Waals surface area (Å²) in [7, 11) is 0. The highest BCUT2D eigenvalue weighted by Crippen LogP contribution is 2.32. The number of anilines is 1. The second-order valence-corrected chi connectivity index (χ2v) is 5.70. The van der Waals surface area contributed by atoms with Crippen molar-refractivity contribution < 1.29 is 13.7 Å². The van der Waals surface area contributed by atoms with E-state index in [-0.39, 0.29) is 11.4 Å². The normalized spacial score (nSPS) is 10.6. The van der Waals surface area contributed by atoms with Crippen LogP contribution >= 0.6 is 22.9 Å². The number of carbonyl (C=O) groups excluding carboxylic acids is 1. The van der Waals surface area contributed by atoms with E-state index in [2.05, 4.69) is 15.5 Å². The second kappa shape index (κ2) is 5.63. The van der Waals surface area contributed by atoms with Gasteiger partial charge in [0.1, 0.15) is 0 Å². The Morgan fingerprint density at radius 1 is 1.38 bits per heavy atom. The first-order valence-corrected chi connectivity index (χ1v) is 6.96. The second-order valence-electron chi connectivity index (χ2n) is 3.99. The molecule has 106 valence electrons. The van der Waals surface area contributed by atoms with Gasteiger partial charge in [0.05, 0.1) is 21.0 Å². The van der Waals surface area contributed by atoms with E-state index >= 15 is 0 Å². The minimum Gasteiger partial charge on any atom is -0.353 e. The van der Waals surface area contributed by atoms with Crippen LogP contribution in [0.5, 0.6) is 0 Å². The van der Waals surface area contributed by atoms with E-state index in [9.17, 15) is 9.18 Å². The number of aromatic nitrogens is 2. The van der Waals surface area contributed by atoms with Gasteiger partial charge in [-0.3, -0.25) is 9.78 Å². The molecule has 0 spiro atoms. The van der Waals surface area contributed by atoms with Crippen molar-refractivity contribution in [2.75, 3.05) is 5.32 Å². The summed E-state index contributed by atoms with van der Waals surface area (Å²) >= 11 is 7.16. The third kappa shape index (κ3) is 2.93. The zero-order valence-electron chi connectivity index (χ0n) is 10.3. The van der Waals surface area contributed by atoms with E-state index in [0.29, 0.717) is 10.1 Å². The molecule has 0 unspecified atom stereocenters. The standard InChI is InChI=1S/C13H7ClFN3O2S/c14-11-2-1-10(21-11)9-5-12(18-20-9)17-13(19)7-3-4-16-6-8(7)15/h1-6H,(H,17,18,19). The number of thiophene rings is 1. The summed E-state index contributed by atoms with van der Waals surface area (Å²) in [6.07, 6.45) is 2.30. The lowest BCUT2D eigenvalue weighted by Gasteiger charge is -2.01. The lowest BCUT2D eigenvalue weighted by molar-refractivity contribution is 0.102. The molecule has 8 heteroatoms. The molecule has 1 amide bonds. The van der Waals surface area contributed by atoms with Crippen LogP contribution in [0.4, 0.5) is 10.2 Å². The lowest BCUT2D eigenvalue weighted by atomic mass is 10.2. The summed E-state index contributed by atoms with van der Waals surface area (Å²) in [5.74, 6) is -0.671. The first-order valence-electron chi connectivity index (χ1n) is 5.77. The van der Waals surface area contributed by atoms with Crippen LogP contribution in [-0.4, -0.2) is 16.0 Å². The van der Waals surface area contributed by atoms with Crippen LogP contribution in [0, 0.1) is 5.82 Å². The average Bonchev–Trinajstić information content (AvgIpc) is 3.08. The van der Waals surface area contributed by atoms with Crippen molar-refractivity contribution in [3.05, 3.63) is 52.4 Å². The van der Waals surface area contributed by atoms with Gasteiger partial charge in [0, 0.05) is 12.3 Å². The van der Waals surface area contributed by atoms with Crippen LogP contribution in [0.2, 0.25) is 4.34 Å². The molecule has 0 atom stereocenters. The van der Waals surface area contributed by atoms with Crippen LogP contribution in [0.1, 0.15) is 10.4 Å². The molecule has 0 radical (unpaired) electrons. The molecule has 0 saturated heterocycles. The van der Waals surface area contributed by atoms with Crippen molar-refractivity contribution in [3.63, 3.8) is 0 Å². The zero-order valence-corrected chi connectivity index (χ0v) is 11.9. The molecule has 3 aromatic heterocycles. The predicted molar refractivity (Wildman–Crippen MR) is 77.0 cm³/mol. The highest BCUT2D eigenvalue weighted by molar-refractivity contribution is 7.19.